The van der Waals surface area contributed by atoms with Crippen LogP contribution >= 0.6 is 0 Å². The third-order valence-electron chi connectivity index (χ3n) is 2.13. The third kappa shape index (κ3) is 1.09. The van der Waals surface area contributed by atoms with Crippen molar-refractivity contribution in [1.82, 2.24) is 9.55 Å². The molecule has 0 atom stereocenters. The zero-order chi connectivity index (χ0) is 7.84. The molecule has 1 aromatic rings. The van der Waals surface area contributed by atoms with Crippen LogP contribution in [0.1, 0.15) is 18.9 Å². The number of nitrogen functional groups attached to an aromatic ring is 1. The van der Waals surface area contributed by atoms with Gasteiger partial charge in [-0.3, -0.25) is 0 Å². The van der Waals surface area contributed by atoms with Gasteiger partial charge in [0.15, 0.2) is 0 Å². The molecule has 0 saturated heterocycles. The molecule has 1 fully saturated rings. The first kappa shape index (κ1) is 6.67. The van der Waals surface area contributed by atoms with E-state index < -0.39 is 0 Å². The summed E-state index contributed by atoms with van der Waals surface area (Å²) in [6.07, 6.45) is 5.05. The number of nitrogens with zero attached hydrogens (tertiary/aromatic N) is 2. The average molecular weight is 153 g/mol. The van der Waals surface area contributed by atoms with Gasteiger partial charge in [-0.15, -0.1) is 0 Å². The molecule has 4 nitrogen and oxygen atoms in total. The molecule has 3 N–H and O–H groups in total. The van der Waals surface area contributed by atoms with Crippen LogP contribution in [0.4, 0.5) is 5.82 Å². The minimum atomic E-state index is -0.122. The van der Waals surface area contributed by atoms with Gasteiger partial charge >= 0.3 is 0 Å². The van der Waals surface area contributed by atoms with Gasteiger partial charge in [-0.2, -0.15) is 0 Å². The topological polar surface area (TPSA) is 64.1 Å². The number of anilines is 1. The van der Waals surface area contributed by atoms with E-state index in [-0.39, 0.29) is 6.10 Å². The molecule has 1 saturated carbocycles. The molecular formula is C7H11N3O. The van der Waals surface area contributed by atoms with E-state index in [0.29, 0.717) is 11.9 Å². The molecule has 1 aliphatic rings. The Morgan fingerprint density at radius 2 is 2.36 bits per heavy atom. The summed E-state index contributed by atoms with van der Waals surface area (Å²) in [4.78, 5) is 3.90. The molecule has 0 amide bonds. The molecule has 1 aliphatic carbocycles. The highest BCUT2D eigenvalue weighted by atomic mass is 16.3. The first-order valence-electron chi connectivity index (χ1n) is 3.72. The lowest BCUT2D eigenvalue weighted by Gasteiger charge is -2.32. The SMILES string of the molecule is Nc1cn(C2CC(O)C2)cn1. The Labute approximate surface area is 64.7 Å². The van der Waals surface area contributed by atoms with Crippen LogP contribution in [0.5, 0.6) is 0 Å². The number of nitrogens with two attached hydrogens (primary N) is 1. The van der Waals surface area contributed by atoms with Crippen LogP contribution in [0, 0.1) is 0 Å². The second kappa shape index (κ2) is 2.23. The number of rotatable bonds is 1. The Morgan fingerprint density at radius 3 is 2.82 bits per heavy atom. The molecular weight excluding hydrogens is 142 g/mol. The van der Waals surface area contributed by atoms with Gasteiger partial charge in [0, 0.05) is 12.2 Å². The Kier molecular flexibility index (Phi) is 1.35. The van der Waals surface area contributed by atoms with Gasteiger partial charge in [0.1, 0.15) is 5.82 Å². The lowest BCUT2D eigenvalue weighted by Crippen LogP contribution is -2.30. The zero-order valence-corrected chi connectivity index (χ0v) is 6.14. The van der Waals surface area contributed by atoms with E-state index in [1.54, 1.807) is 12.5 Å². The lowest BCUT2D eigenvalue weighted by molar-refractivity contribution is 0.0485. The molecule has 1 heterocycles. The van der Waals surface area contributed by atoms with E-state index in [1.165, 1.54) is 0 Å². The second-order valence-electron chi connectivity index (χ2n) is 3.02. The van der Waals surface area contributed by atoms with Crippen molar-refractivity contribution >= 4 is 5.82 Å². The summed E-state index contributed by atoms with van der Waals surface area (Å²) in [6, 6.07) is 0.412. The van der Waals surface area contributed by atoms with Crippen LogP contribution in [0.25, 0.3) is 0 Å². The van der Waals surface area contributed by atoms with E-state index in [4.69, 9.17) is 10.8 Å². The van der Waals surface area contributed by atoms with Crippen LogP contribution in [-0.4, -0.2) is 20.8 Å². The monoisotopic (exact) mass is 153 g/mol. The van der Waals surface area contributed by atoms with Crippen molar-refractivity contribution in [2.45, 2.75) is 25.0 Å². The van der Waals surface area contributed by atoms with E-state index >= 15 is 0 Å². The molecule has 0 aromatic carbocycles. The van der Waals surface area contributed by atoms with Crippen molar-refractivity contribution in [2.24, 2.45) is 0 Å². The van der Waals surface area contributed by atoms with Gasteiger partial charge in [0.2, 0.25) is 0 Å². The Bertz CT molecular complexity index is 252. The molecule has 4 heteroatoms. The first-order valence-corrected chi connectivity index (χ1v) is 3.72. The molecule has 0 radical (unpaired) electrons. The standard InChI is InChI=1S/C7H11N3O/c8-7-3-10(4-9-7)5-1-6(11)2-5/h3-6,11H,1-2,8H2. The average Bonchev–Trinajstić information content (AvgIpc) is 2.29. The molecule has 0 unspecified atom stereocenters. The highest BCUT2D eigenvalue weighted by molar-refractivity contribution is 5.23. The van der Waals surface area contributed by atoms with Crippen molar-refractivity contribution in [3.63, 3.8) is 0 Å². The normalized spacial score (nSPS) is 29.9. The maximum absolute atomic E-state index is 9.02. The number of hydrogen-bond acceptors (Lipinski definition) is 3. The van der Waals surface area contributed by atoms with Gasteiger partial charge < -0.3 is 15.4 Å². The van der Waals surface area contributed by atoms with Crippen molar-refractivity contribution in [3.05, 3.63) is 12.5 Å². The summed E-state index contributed by atoms with van der Waals surface area (Å²) in [5.41, 5.74) is 5.44. The van der Waals surface area contributed by atoms with Crippen LogP contribution < -0.4 is 5.73 Å². The summed E-state index contributed by atoms with van der Waals surface area (Å²) in [6.45, 7) is 0. The van der Waals surface area contributed by atoms with Gasteiger partial charge in [0.25, 0.3) is 0 Å². The fourth-order valence-corrected chi connectivity index (χ4v) is 1.35. The summed E-state index contributed by atoms with van der Waals surface area (Å²) < 4.78 is 1.96. The first-order chi connectivity index (χ1) is 5.25. The maximum Gasteiger partial charge on any atom is 0.141 e. The van der Waals surface area contributed by atoms with E-state index in [0.717, 1.165) is 12.8 Å². The number of aliphatic hydroxyl groups excluding tert-OH is 1. The van der Waals surface area contributed by atoms with Crippen molar-refractivity contribution < 1.29 is 5.11 Å². The molecule has 1 aromatic heterocycles. The molecule has 0 aliphatic heterocycles. The zero-order valence-electron chi connectivity index (χ0n) is 6.14. The Hall–Kier alpha value is -1.03. The minimum absolute atomic E-state index is 0.122. The van der Waals surface area contributed by atoms with Crippen molar-refractivity contribution in [1.29, 1.82) is 0 Å². The molecule has 60 valence electrons. The summed E-state index contributed by atoms with van der Waals surface area (Å²) in [7, 11) is 0. The van der Waals surface area contributed by atoms with E-state index in [2.05, 4.69) is 4.98 Å². The van der Waals surface area contributed by atoms with Crippen molar-refractivity contribution in [2.75, 3.05) is 5.73 Å². The van der Waals surface area contributed by atoms with Crippen LogP contribution in [0.3, 0.4) is 0 Å². The second-order valence-corrected chi connectivity index (χ2v) is 3.02. The number of imidazole rings is 1. The summed E-state index contributed by atoms with van der Waals surface area (Å²) >= 11 is 0. The molecule has 0 spiro atoms. The van der Waals surface area contributed by atoms with Gasteiger partial charge in [-0.05, 0) is 12.8 Å². The largest absolute Gasteiger partial charge is 0.393 e. The number of hydrogen-bond donors (Lipinski definition) is 2. The van der Waals surface area contributed by atoms with Crippen molar-refractivity contribution in [3.8, 4) is 0 Å². The molecule has 0 bridgehead atoms. The molecule has 2 rings (SSSR count). The van der Waals surface area contributed by atoms with Crippen LogP contribution in [-0.2, 0) is 0 Å². The fraction of sp³-hybridized carbons (Fsp3) is 0.571. The van der Waals surface area contributed by atoms with Crippen LogP contribution in [0.2, 0.25) is 0 Å². The fourth-order valence-electron chi connectivity index (χ4n) is 1.35. The third-order valence-corrected chi connectivity index (χ3v) is 2.13. The Balaban J connectivity index is 2.07. The minimum Gasteiger partial charge on any atom is -0.393 e. The summed E-state index contributed by atoms with van der Waals surface area (Å²) in [5, 5.41) is 9.02. The van der Waals surface area contributed by atoms with E-state index in [9.17, 15) is 0 Å². The van der Waals surface area contributed by atoms with Gasteiger partial charge in [-0.1, -0.05) is 0 Å². The molecule has 11 heavy (non-hydrogen) atoms. The van der Waals surface area contributed by atoms with Gasteiger partial charge in [0.05, 0.1) is 12.4 Å². The number of aromatic nitrogens is 2. The predicted molar refractivity (Wildman–Crippen MR) is 40.9 cm³/mol. The van der Waals surface area contributed by atoms with Gasteiger partial charge in [-0.25, -0.2) is 4.98 Å². The Morgan fingerprint density at radius 1 is 1.64 bits per heavy atom. The maximum atomic E-state index is 9.02. The smallest absolute Gasteiger partial charge is 0.141 e. The van der Waals surface area contributed by atoms with E-state index in [1.807, 2.05) is 4.57 Å². The highest BCUT2D eigenvalue weighted by Crippen LogP contribution is 2.31. The summed E-state index contributed by atoms with van der Waals surface area (Å²) in [5.74, 6) is 0.548. The highest BCUT2D eigenvalue weighted by Gasteiger charge is 2.28. The predicted octanol–water partition coefficient (Wildman–Crippen LogP) is 0.161. The number of aliphatic hydroxyl groups is 1. The lowest BCUT2D eigenvalue weighted by atomic mass is 9.89. The van der Waals surface area contributed by atoms with Crippen LogP contribution in [0.15, 0.2) is 12.5 Å². The quantitative estimate of drug-likeness (QED) is 0.604.